The fourth-order valence-electron chi connectivity index (χ4n) is 5.87. The average molecular weight is 583 g/mol. The van der Waals surface area contributed by atoms with Crippen LogP contribution in [-0.4, -0.2) is 71.6 Å². The SMILES string of the molecule is CC(C)(C)OC(=O)N[C@@]12C=CC[C@@H]1CN(C(=O)OCc1ccccc1)C2.CC(C)(C)OC(=O)N[C@@]12C=CC[C@@H]1CNC2. The number of hydrogen-bond donors (Lipinski definition) is 3. The number of carbonyl (C=O) groups excluding carboxylic acids is 3. The quantitative estimate of drug-likeness (QED) is 0.341. The number of rotatable bonds is 4. The first kappa shape index (κ1) is 31.4. The summed E-state index contributed by atoms with van der Waals surface area (Å²) in [7, 11) is 0. The number of hydrogen-bond acceptors (Lipinski definition) is 7. The Hall–Kier alpha value is -3.53. The highest BCUT2D eigenvalue weighted by molar-refractivity contribution is 5.72. The van der Waals surface area contributed by atoms with Crippen molar-refractivity contribution in [2.75, 3.05) is 26.2 Å². The van der Waals surface area contributed by atoms with E-state index in [-0.39, 0.29) is 30.3 Å². The summed E-state index contributed by atoms with van der Waals surface area (Å²) in [5, 5.41) is 9.28. The van der Waals surface area contributed by atoms with Gasteiger partial charge in [-0.05, 0) is 59.9 Å². The normalized spacial score (nSPS) is 27.4. The van der Waals surface area contributed by atoms with E-state index in [1.807, 2.05) is 78.0 Å². The van der Waals surface area contributed by atoms with Crippen molar-refractivity contribution < 1.29 is 28.6 Å². The van der Waals surface area contributed by atoms with Crippen LogP contribution in [0.15, 0.2) is 54.6 Å². The van der Waals surface area contributed by atoms with Gasteiger partial charge in [-0.3, -0.25) is 0 Å². The number of nitrogens with one attached hydrogen (secondary N) is 3. The lowest BCUT2D eigenvalue weighted by Gasteiger charge is -2.30. The van der Waals surface area contributed by atoms with Gasteiger partial charge in [0, 0.05) is 31.5 Å². The maximum atomic E-state index is 12.4. The second-order valence-corrected chi connectivity index (χ2v) is 13.6. The average Bonchev–Trinajstić information content (AvgIpc) is 3.60. The third-order valence-corrected chi connectivity index (χ3v) is 7.76. The largest absolute Gasteiger partial charge is 0.445 e. The molecule has 1 aromatic rings. The summed E-state index contributed by atoms with van der Waals surface area (Å²) >= 11 is 0. The highest BCUT2D eigenvalue weighted by Gasteiger charge is 2.50. The number of likely N-dealkylation sites (tertiary alicyclic amines) is 1. The van der Waals surface area contributed by atoms with Crippen molar-refractivity contribution >= 4 is 18.3 Å². The van der Waals surface area contributed by atoms with Crippen molar-refractivity contribution in [1.82, 2.24) is 20.9 Å². The minimum atomic E-state index is -0.575. The van der Waals surface area contributed by atoms with Gasteiger partial charge in [-0.15, -0.1) is 0 Å². The lowest BCUT2D eigenvalue weighted by Crippen LogP contribution is -2.53. The predicted molar refractivity (Wildman–Crippen MR) is 160 cm³/mol. The van der Waals surface area contributed by atoms with Crippen LogP contribution < -0.4 is 16.0 Å². The van der Waals surface area contributed by atoms with Crippen molar-refractivity contribution in [2.24, 2.45) is 11.8 Å². The first-order valence-corrected chi connectivity index (χ1v) is 14.7. The Bertz CT molecular complexity index is 1190. The summed E-state index contributed by atoms with van der Waals surface area (Å²) in [4.78, 5) is 38.1. The Morgan fingerprint density at radius 1 is 0.881 bits per heavy atom. The number of nitrogens with zero attached hydrogens (tertiary/aromatic N) is 1. The highest BCUT2D eigenvalue weighted by atomic mass is 16.6. The third kappa shape index (κ3) is 8.06. The van der Waals surface area contributed by atoms with Crippen molar-refractivity contribution in [3.8, 4) is 0 Å². The molecule has 0 spiro atoms. The van der Waals surface area contributed by atoms with Gasteiger partial charge in [-0.1, -0.05) is 54.6 Å². The molecule has 42 heavy (non-hydrogen) atoms. The van der Waals surface area contributed by atoms with Crippen LogP contribution in [0.2, 0.25) is 0 Å². The van der Waals surface area contributed by atoms with Crippen molar-refractivity contribution in [3.63, 3.8) is 0 Å². The first-order valence-electron chi connectivity index (χ1n) is 14.7. The molecule has 2 aliphatic heterocycles. The summed E-state index contributed by atoms with van der Waals surface area (Å²) in [6.45, 7) is 14.0. The molecule has 0 unspecified atom stereocenters. The van der Waals surface area contributed by atoms with E-state index < -0.39 is 22.8 Å². The molecule has 4 aliphatic rings. The maximum Gasteiger partial charge on any atom is 0.410 e. The molecule has 2 heterocycles. The van der Waals surface area contributed by atoms with Crippen LogP contribution in [-0.2, 0) is 20.8 Å². The fourth-order valence-corrected chi connectivity index (χ4v) is 5.87. The molecule has 0 aromatic heterocycles. The smallest absolute Gasteiger partial charge is 0.410 e. The molecule has 5 rings (SSSR count). The Morgan fingerprint density at radius 2 is 1.45 bits per heavy atom. The third-order valence-electron chi connectivity index (χ3n) is 7.76. The molecule has 0 bridgehead atoms. The second-order valence-electron chi connectivity index (χ2n) is 13.6. The number of allylic oxidation sites excluding steroid dienone is 2. The van der Waals surface area contributed by atoms with Gasteiger partial charge >= 0.3 is 18.3 Å². The molecule has 10 nitrogen and oxygen atoms in total. The van der Waals surface area contributed by atoms with Crippen LogP contribution in [0.1, 0.15) is 59.9 Å². The molecular weight excluding hydrogens is 536 g/mol. The molecule has 0 saturated carbocycles. The van der Waals surface area contributed by atoms with E-state index in [1.54, 1.807) is 4.90 Å². The molecule has 3 amide bonds. The van der Waals surface area contributed by atoms with Crippen LogP contribution in [0.3, 0.4) is 0 Å². The lowest BCUT2D eigenvalue weighted by molar-refractivity contribution is 0.0455. The number of ether oxygens (including phenoxy) is 3. The standard InChI is InChI=1S/C20H26N2O4.C12H20N2O2/c1-19(2,3)26-17(23)21-20-11-7-10-16(20)12-22(14-20)18(24)25-13-15-8-5-4-6-9-15;1-11(2,3)16-10(15)14-12-6-4-5-9(12)7-13-8-12/h4-9,11,16H,10,12-14H2,1-3H3,(H,21,23);4,6,9,13H,5,7-8H2,1-3H3,(H,14,15)/t16-,20-;9-,12-/m11/s1. The number of carbonyl (C=O) groups is 3. The van der Waals surface area contributed by atoms with Crippen LogP contribution in [0.5, 0.6) is 0 Å². The minimum absolute atomic E-state index is 0.138. The molecule has 230 valence electrons. The predicted octanol–water partition coefficient (Wildman–Crippen LogP) is 4.91. The Balaban J connectivity index is 0.000000216. The van der Waals surface area contributed by atoms with Crippen molar-refractivity contribution in [3.05, 3.63) is 60.2 Å². The molecule has 10 heteroatoms. The van der Waals surface area contributed by atoms with E-state index in [0.29, 0.717) is 19.0 Å². The molecule has 1 aromatic carbocycles. The van der Waals surface area contributed by atoms with E-state index in [9.17, 15) is 14.4 Å². The molecular formula is C32H46N4O6. The van der Waals surface area contributed by atoms with Crippen LogP contribution in [0.4, 0.5) is 14.4 Å². The summed E-state index contributed by atoms with van der Waals surface area (Å²) < 4.78 is 16.1. The molecule has 2 saturated heterocycles. The van der Waals surface area contributed by atoms with E-state index in [0.717, 1.165) is 31.5 Å². The highest BCUT2D eigenvalue weighted by Crippen LogP contribution is 2.37. The maximum absolute atomic E-state index is 12.4. The summed E-state index contributed by atoms with van der Waals surface area (Å²) in [6, 6.07) is 9.58. The van der Waals surface area contributed by atoms with Crippen molar-refractivity contribution in [1.29, 1.82) is 0 Å². The molecule has 3 N–H and O–H groups in total. The van der Waals surface area contributed by atoms with Crippen molar-refractivity contribution in [2.45, 2.75) is 83.3 Å². The molecule has 4 atom stereocenters. The van der Waals surface area contributed by atoms with Crippen LogP contribution >= 0.6 is 0 Å². The van der Waals surface area contributed by atoms with Gasteiger partial charge in [0.25, 0.3) is 0 Å². The summed E-state index contributed by atoms with van der Waals surface area (Å²) in [5.74, 6) is 0.610. The van der Waals surface area contributed by atoms with E-state index in [4.69, 9.17) is 14.2 Å². The minimum Gasteiger partial charge on any atom is -0.445 e. The van der Waals surface area contributed by atoms with Gasteiger partial charge in [0.1, 0.15) is 17.8 Å². The number of amides is 3. The topological polar surface area (TPSA) is 118 Å². The Labute approximate surface area is 249 Å². The van der Waals surface area contributed by atoms with Gasteiger partial charge in [0.05, 0.1) is 17.6 Å². The zero-order valence-corrected chi connectivity index (χ0v) is 25.7. The van der Waals surface area contributed by atoms with E-state index >= 15 is 0 Å². The zero-order valence-electron chi connectivity index (χ0n) is 25.7. The van der Waals surface area contributed by atoms with E-state index in [1.165, 1.54) is 0 Å². The Morgan fingerprint density at radius 3 is 2.07 bits per heavy atom. The lowest BCUT2D eigenvalue weighted by atomic mass is 9.91. The van der Waals surface area contributed by atoms with Gasteiger partial charge in [0.2, 0.25) is 0 Å². The first-order chi connectivity index (χ1) is 19.7. The van der Waals surface area contributed by atoms with Gasteiger partial charge < -0.3 is 35.1 Å². The molecule has 2 fully saturated rings. The van der Waals surface area contributed by atoms with Gasteiger partial charge in [-0.2, -0.15) is 0 Å². The zero-order chi connectivity index (χ0) is 30.6. The van der Waals surface area contributed by atoms with Gasteiger partial charge in [-0.25, -0.2) is 14.4 Å². The Kier molecular flexibility index (Phi) is 9.25. The number of alkyl carbamates (subject to hydrolysis) is 2. The van der Waals surface area contributed by atoms with Crippen LogP contribution in [0, 0.1) is 11.8 Å². The molecule has 0 radical (unpaired) electrons. The monoisotopic (exact) mass is 582 g/mol. The fraction of sp³-hybridized carbons (Fsp3) is 0.594. The van der Waals surface area contributed by atoms with E-state index in [2.05, 4.69) is 34.2 Å². The molecule has 2 aliphatic carbocycles. The second kappa shape index (κ2) is 12.4. The number of fused-ring (bicyclic) bond motifs is 2. The van der Waals surface area contributed by atoms with Gasteiger partial charge in [0.15, 0.2) is 0 Å². The summed E-state index contributed by atoms with van der Waals surface area (Å²) in [6.07, 6.45) is 8.97. The number of benzene rings is 1. The summed E-state index contributed by atoms with van der Waals surface area (Å²) in [5.41, 5.74) is -0.853. The van der Waals surface area contributed by atoms with Crippen LogP contribution in [0.25, 0.3) is 0 Å².